The van der Waals surface area contributed by atoms with E-state index in [4.69, 9.17) is 10.8 Å². The topological polar surface area (TPSA) is 92.4 Å². The summed E-state index contributed by atoms with van der Waals surface area (Å²) in [5.41, 5.74) is 4.40. The first-order valence-electron chi connectivity index (χ1n) is 9.28. The molecule has 0 atom stereocenters. The highest BCUT2D eigenvalue weighted by Crippen LogP contribution is 2.36. The van der Waals surface area contributed by atoms with Crippen LogP contribution in [0.5, 0.6) is 0 Å². The molecular formula is C22H18F4N2O3. The van der Waals surface area contributed by atoms with Crippen molar-refractivity contribution in [1.29, 1.82) is 0 Å². The molecule has 0 aromatic heterocycles. The first-order valence-corrected chi connectivity index (χ1v) is 9.28. The summed E-state index contributed by atoms with van der Waals surface area (Å²) in [6.45, 7) is 0. The molecule has 0 saturated carbocycles. The Kier molecular flexibility index (Phi) is 6.14. The van der Waals surface area contributed by atoms with Crippen molar-refractivity contribution in [3.8, 4) is 0 Å². The molecule has 0 saturated heterocycles. The maximum absolute atomic E-state index is 15.0. The predicted molar refractivity (Wildman–Crippen MR) is 108 cm³/mol. The molecule has 0 heterocycles. The van der Waals surface area contributed by atoms with Crippen LogP contribution in [0.2, 0.25) is 0 Å². The summed E-state index contributed by atoms with van der Waals surface area (Å²) in [7, 11) is 0. The summed E-state index contributed by atoms with van der Waals surface area (Å²) >= 11 is 0. The highest BCUT2D eigenvalue weighted by molar-refractivity contribution is 6.00. The Morgan fingerprint density at radius 2 is 1.68 bits per heavy atom. The van der Waals surface area contributed by atoms with Crippen LogP contribution in [-0.4, -0.2) is 17.0 Å². The lowest BCUT2D eigenvalue weighted by Gasteiger charge is -2.19. The van der Waals surface area contributed by atoms with E-state index in [0.29, 0.717) is 0 Å². The van der Waals surface area contributed by atoms with Gasteiger partial charge in [0.25, 0.3) is 5.91 Å². The van der Waals surface area contributed by atoms with Crippen molar-refractivity contribution in [3.05, 3.63) is 71.3 Å². The molecule has 0 fully saturated rings. The molecule has 3 aromatic rings. The van der Waals surface area contributed by atoms with E-state index in [1.54, 1.807) is 0 Å². The Balaban J connectivity index is 1.91. The van der Waals surface area contributed by atoms with Gasteiger partial charge in [0.15, 0.2) is 5.82 Å². The molecule has 0 aliphatic rings. The fraction of sp³-hybridized carbons (Fsp3) is 0.182. The molecule has 4 N–H and O–H groups in total. The van der Waals surface area contributed by atoms with E-state index in [1.165, 1.54) is 30.3 Å². The standard InChI is InChI=1S/C22H18F4N2O3/c23-16-9-8-15(12-4-1-2-5-13(12)16)22(25,26)21(31)28-18-11-10-17(27)14(20(18)24)6-3-7-19(29)30/h1-2,4-5,8-11H,3,6-7,27H2,(H,28,31)(H,29,30). The number of nitrogen functional groups attached to an aromatic ring is 1. The molecule has 0 radical (unpaired) electrons. The number of amides is 1. The first-order chi connectivity index (χ1) is 14.6. The fourth-order valence-electron chi connectivity index (χ4n) is 3.26. The van der Waals surface area contributed by atoms with Crippen LogP contribution in [0.3, 0.4) is 0 Å². The number of carboxylic acid groups (broad SMARTS) is 1. The maximum atomic E-state index is 15.0. The highest BCUT2D eigenvalue weighted by Gasteiger charge is 2.42. The Hall–Kier alpha value is -3.62. The normalized spacial score (nSPS) is 11.5. The van der Waals surface area contributed by atoms with Crippen molar-refractivity contribution < 1.29 is 32.3 Å². The van der Waals surface area contributed by atoms with Gasteiger partial charge in [-0.25, -0.2) is 8.78 Å². The number of carboxylic acids is 1. The van der Waals surface area contributed by atoms with Crippen molar-refractivity contribution in [2.75, 3.05) is 11.1 Å². The lowest BCUT2D eigenvalue weighted by molar-refractivity contribution is -0.140. The maximum Gasteiger partial charge on any atom is 0.350 e. The van der Waals surface area contributed by atoms with E-state index in [9.17, 15) is 27.2 Å². The van der Waals surface area contributed by atoms with Gasteiger partial charge in [0.05, 0.1) is 5.69 Å². The number of fused-ring (bicyclic) bond motifs is 1. The zero-order valence-electron chi connectivity index (χ0n) is 16.1. The fourth-order valence-corrected chi connectivity index (χ4v) is 3.26. The summed E-state index contributed by atoms with van der Waals surface area (Å²) in [6, 6.07) is 9.41. The molecule has 0 aliphatic heterocycles. The second-order valence-electron chi connectivity index (χ2n) is 6.91. The average molecular weight is 434 g/mol. The molecule has 0 spiro atoms. The van der Waals surface area contributed by atoms with Gasteiger partial charge in [-0.3, -0.25) is 9.59 Å². The third kappa shape index (κ3) is 4.45. The number of hydrogen-bond donors (Lipinski definition) is 3. The minimum atomic E-state index is -4.09. The van der Waals surface area contributed by atoms with E-state index in [-0.39, 0.29) is 41.3 Å². The van der Waals surface area contributed by atoms with Crippen molar-refractivity contribution in [2.45, 2.75) is 25.2 Å². The number of aliphatic carboxylic acids is 1. The lowest BCUT2D eigenvalue weighted by atomic mass is 9.98. The number of hydrogen-bond acceptors (Lipinski definition) is 3. The number of carbonyl (C=O) groups excluding carboxylic acids is 1. The van der Waals surface area contributed by atoms with Crippen LogP contribution in [-0.2, 0) is 21.9 Å². The van der Waals surface area contributed by atoms with E-state index >= 15 is 0 Å². The molecular weight excluding hydrogens is 416 g/mol. The number of anilines is 2. The number of nitrogens with one attached hydrogen (secondary N) is 1. The number of rotatable bonds is 7. The van der Waals surface area contributed by atoms with Crippen LogP contribution in [0.4, 0.5) is 28.9 Å². The molecule has 0 bridgehead atoms. The summed E-state index contributed by atoms with van der Waals surface area (Å²) in [4.78, 5) is 23.0. The van der Waals surface area contributed by atoms with Gasteiger partial charge in [-0.2, -0.15) is 8.78 Å². The molecule has 3 rings (SSSR count). The minimum Gasteiger partial charge on any atom is -0.481 e. The summed E-state index contributed by atoms with van der Waals surface area (Å²) in [5, 5.41) is 10.3. The Labute approximate surface area is 174 Å². The average Bonchev–Trinajstić information content (AvgIpc) is 2.72. The molecule has 0 unspecified atom stereocenters. The smallest absolute Gasteiger partial charge is 0.350 e. The van der Waals surface area contributed by atoms with Crippen molar-refractivity contribution in [1.82, 2.24) is 0 Å². The molecule has 3 aromatic carbocycles. The molecule has 31 heavy (non-hydrogen) atoms. The van der Waals surface area contributed by atoms with Crippen molar-refractivity contribution in [2.24, 2.45) is 0 Å². The van der Waals surface area contributed by atoms with Crippen molar-refractivity contribution >= 4 is 34.0 Å². The number of benzene rings is 3. The largest absolute Gasteiger partial charge is 0.481 e. The van der Waals surface area contributed by atoms with Crippen LogP contribution >= 0.6 is 0 Å². The van der Waals surface area contributed by atoms with Crippen LogP contribution in [0.1, 0.15) is 24.0 Å². The van der Waals surface area contributed by atoms with Gasteiger partial charge in [-0.15, -0.1) is 0 Å². The van der Waals surface area contributed by atoms with Crippen LogP contribution in [0, 0.1) is 11.6 Å². The zero-order valence-corrected chi connectivity index (χ0v) is 16.1. The highest BCUT2D eigenvalue weighted by atomic mass is 19.3. The van der Waals surface area contributed by atoms with Gasteiger partial charge < -0.3 is 16.2 Å². The zero-order chi connectivity index (χ0) is 22.8. The summed E-state index contributed by atoms with van der Waals surface area (Å²) in [5.74, 6) is -8.70. The van der Waals surface area contributed by atoms with Crippen LogP contribution < -0.4 is 11.1 Å². The van der Waals surface area contributed by atoms with E-state index in [0.717, 1.165) is 18.2 Å². The first kappa shape index (κ1) is 22.1. The Morgan fingerprint density at radius 1 is 1.00 bits per heavy atom. The quantitative estimate of drug-likeness (QED) is 0.367. The number of carbonyl (C=O) groups is 2. The molecule has 162 valence electrons. The number of alkyl halides is 2. The Morgan fingerprint density at radius 3 is 2.35 bits per heavy atom. The second-order valence-corrected chi connectivity index (χ2v) is 6.91. The van der Waals surface area contributed by atoms with Gasteiger partial charge in [-0.05, 0) is 42.5 Å². The molecule has 9 heteroatoms. The van der Waals surface area contributed by atoms with Gasteiger partial charge in [0.1, 0.15) is 5.82 Å². The van der Waals surface area contributed by atoms with E-state index in [2.05, 4.69) is 0 Å². The minimum absolute atomic E-state index is 0.0113. The van der Waals surface area contributed by atoms with E-state index < -0.39 is 40.7 Å². The second kappa shape index (κ2) is 8.63. The van der Waals surface area contributed by atoms with Crippen LogP contribution in [0.25, 0.3) is 10.8 Å². The molecule has 0 aliphatic carbocycles. The SMILES string of the molecule is Nc1ccc(NC(=O)C(F)(F)c2ccc(F)c3ccccc23)c(F)c1CCCC(=O)O. The van der Waals surface area contributed by atoms with Gasteiger partial charge in [0.2, 0.25) is 0 Å². The predicted octanol–water partition coefficient (Wildman–Crippen LogP) is 4.84. The van der Waals surface area contributed by atoms with Gasteiger partial charge in [-0.1, -0.05) is 24.3 Å². The number of nitrogens with two attached hydrogens (primary N) is 1. The summed E-state index contributed by atoms with van der Waals surface area (Å²) < 4.78 is 58.6. The third-order valence-corrected chi connectivity index (χ3v) is 4.84. The van der Waals surface area contributed by atoms with Crippen LogP contribution in [0.15, 0.2) is 48.5 Å². The molecule has 1 amide bonds. The number of halogens is 4. The van der Waals surface area contributed by atoms with Crippen molar-refractivity contribution in [3.63, 3.8) is 0 Å². The lowest BCUT2D eigenvalue weighted by Crippen LogP contribution is -2.33. The monoisotopic (exact) mass is 434 g/mol. The summed E-state index contributed by atoms with van der Waals surface area (Å²) in [6.07, 6.45) is -0.205. The Bertz CT molecular complexity index is 1160. The van der Waals surface area contributed by atoms with Gasteiger partial charge >= 0.3 is 11.9 Å². The third-order valence-electron chi connectivity index (χ3n) is 4.84. The van der Waals surface area contributed by atoms with Gasteiger partial charge in [0, 0.05) is 28.6 Å². The molecule has 5 nitrogen and oxygen atoms in total. The van der Waals surface area contributed by atoms with E-state index in [1.807, 2.05) is 5.32 Å².